The Balaban J connectivity index is 1.86. The second kappa shape index (κ2) is 7.23. The van der Waals surface area contributed by atoms with Gasteiger partial charge in [-0.2, -0.15) is 5.10 Å². The Morgan fingerprint density at radius 2 is 1.85 bits per heavy atom. The summed E-state index contributed by atoms with van der Waals surface area (Å²) in [5.41, 5.74) is 3.88. The number of hydrogen-bond donors (Lipinski definition) is 1. The lowest BCUT2D eigenvalue weighted by atomic mass is 10.2. The van der Waals surface area contributed by atoms with Crippen LogP contribution < -0.4 is 5.32 Å². The van der Waals surface area contributed by atoms with Gasteiger partial charge in [-0.05, 0) is 52.7 Å². The number of hydrogen-bond acceptors (Lipinski definition) is 3. The highest BCUT2D eigenvalue weighted by molar-refractivity contribution is 5.24. The van der Waals surface area contributed by atoms with Gasteiger partial charge in [-0.1, -0.05) is 13.8 Å². The molecule has 4 nitrogen and oxygen atoms in total. The van der Waals surface area contributed by atoms with Crippen molar-refractivity contribution < 1.29 is 0 Å². The fraction of sp³-hybridized carbons (Fsp3) is 0.812. The molecule has 1 aromatic rings. The summed E-state index contributed by atoms with van der Waals surface area (Å²) in [7, 11) is 0. The molecule has 0 atom stereocenters. The molecule has 0 unspecified atom stereocenters. The van der Waals surface area contributed by atoms with Crippen LogP contribution in [0, 0.1) is 13.8 Å². The van der Waals surface area contributed by atoms with Gasteiger partial charge in [-0.3, -0.25) is 4.68 Å². The van der Waals surface area contributed by atoms with Crippen LogP contribution >= 0.6 is 0 Å². The molecular formula is C16H30N4. The normalized spacial score (nSPS) is 16.4. The summed E-state index contributed by atoms with van der Waals surface area (Å²) in [4.78, 5) is 2.58. The van der Waals surface area contributed by atoms with E-state index in [0.717, 1.165) is 13.1 Å². The maximum atomic E-state index is 4.71. The van der Waals surface area contributed by atoms with Crippen molar-refractivity contribution in [1.82, 2.24) is 20.0 Å². The third-order valence-corrected chi connectivity index (χ3v) is 4.26. The van der Waals surface area contributed by atoms with E-state index >= 15 is 0 Å². The van der Waals surface area contributed by atoms with E-state index in [1.807, 2.05) is 0 Å². The van der Waals surface area contributed by atoms with Crippen LogP contribution in [-0.4, -0.2) is 40.4 Å². The Morgan fingerprint density at radius 1 is 1.15 bits per heavy atom. The predicted octanol–water partition coefficient (Wildman–Crippen LogP) is 2.48. The van der Waals surface area contributed by atoms with Gasteiger partial charge >= 0.3 is 0 Å². The zero-order valence-electron chi connectivity index (χ0n) is 13.6. The molecule has 2 rings (SSSR count). The molecule has 0 amide bonds. The largest absolute Gasteiger partial charge is 0.310 e. The van der Waals surface area contributed by atoms with Crippen LogP contribution in [0.3, 0.4) is 0 Å². The Morgan fingerprint density at radius 3 is 2.50 bits per heavy atom. The van der Waals surface area contributed by atoms with Crippen LogP contribution in [0.5, 0.6) is 0 Å². The summed E-state index contributed by atoms with van der Waals surface area (Å²) >= 11 is 0. The van der Waals surface area contributed by atoms with Crippen molar-refractivity contribution in [2.45, 2.75) is 66.1 Å². The topological polar surface area (TPSA) is 33.1 Å². The minimum absolute atomic E-state index is 0.521. The third-order valence-electron chi connectivity index (χ3n) is 4.26. The second-order valence-corrected chi connectivity index (χ2v) is 6.31. The van der Waals surface area contributed by atoms with Crippen molar-refractivity contribution in [2.24, 2.45) is 0 Å². The summed E-state index contributed by atoms with van der Waals surface area (Å²) in [6.45, 7) is 14.5. The van der Waals surface area contributed by atoms with E-state index in [4.69, 9.17) is 5.10 Å². The molecule has 4 heteroatoms. The average Bonchev–Trinajstić information content (AvgIpc) is 2.98. The van der Waals surface area contributed by atoms with E-state index in [-0.39, 0.29) is 0 Å². The number of aryl methyl sites for hydroxylation is 2. The lowest BCUT2D eigenvalue weighted by Crippen LogP contribution is -2.23. The molecule has 1 aliphatic heterocycles. The van der Waals surface area contributed by atoms with Gasteiger partial charge in [0.05, 0.1) is 5.69 Å². The molecule has 0 spiro atoms. The first-order valence-corrected chi connectivity index (χ1v) is 8.06. The standard InChI is InChI=1S/C16H30N4/c1-13(2)17-12-16-14(3)18-20(15(16)4)11-7-10-19-8-5-6-9-19/h13,17H,5-12H2,1-4H3. The first-order valence-electron chi connectivity index (χ1n) is 8.06. The molecule has 0 saturated carbocycles. The maximum absolute atomic E-state index is 4.71. The van der Waals surface area contributed by atoms with Gasteiger partial charge in [0, 0.05) is 30.4 Å². The van der Waals surface area contributed by atoms with Crippen LogP contribution in [0.25, 0.3) is 0 Å². The Bertz CT molecular complexity index is 416. The summed E-state index contributed by atoms with van der Waals surface area (Å²) in [5, 5.41) is 8.21. The minimum atomic E-state index is 0.521. The maximum Gasteiger partial charge on any atom is 0.0641 e. The van der Waals surface area contributed by atoms with Crippen molar-refractivity contribution in [3.8, 4) is 0 Å². The molecular weight excluding hydrogens is 248 g/mol. The zero-order chi connectivity index (χ0) is 14.5. The smallest absolute Gasteiger partial charge is 0.0641 e. The van der Waals surface area contributed by atoms with E-state index in [1.165, 1.54) is 55.8 Å². The van der Waals surface area contributed by atoms with Crippen molar-refractivity contribution in [1.29, 1.82) is 0 Å². The van der Waals surface area contributed by atoms with E-state index in [2.05, 4.69) is 42.6 Å². The van der Waals surface area contributed by atoms with E-state index in [0.29, 0.717) is 6.04 Å². The summed E-state index contributed by atoms with van der Waals surface area (Å²) in [5.74, 6) is 0. The quantitative estimate of drug-likeness (QED) is 0.832. The van der Waals surface area contributed by atoms with Gasteiger partial charge < -0.3 is 10.2 Å². The monoisotopic (exact) mass is 278 g/mol. The van der Waals surface area contributed by atoms with Gasteiger partial charge in [0.1, 0.15) is 0 Å². The second-order valence-electron chi connectivity index (χ2n) is 6.31. The number of likely N-dealkylation sites (tertiary alicyclic amines) is 1. The minimum Gasteiger partial charge on any atom is -0.310 e. The van der Waals surface area contributed by atoms with Crippen molar-refractivity contribution in [2.75, 3.05) is 19.6 Å². The molecule has 1 saturated heterocycles. The fourth-order valence-electron chi connectivity index (χ4n) is 2.96. The molecule has 0 radical (unpaired) electrons. The lowest BCUT2D eigenvalue weighted by molar-refractivity contribution is 0.321. The number of aromatic nitrogens is 2. The molecule has 1 fully saturated rings. The Kier molecular flexibility index (Phi) is 5.61. The van der Waals surface area contributed by atoms with E-state index < -0.39 is 0 Å². The average molecular weight is 278 g/mol. The van der Waals surface area contributed by atoms with Crippen LogP contribution in [-0.2, 0) is 13.1 Å². The molecule has 1 aliphatic rings. The Labute approximate surface area is 123 Å². The zero-order valence-corrected chi connectivity index (χ0v) is 13.6. The van der Waals surface area contributed by atoms with Crippen molar-refractivity contribution in [3.63, 3.8) is 0 Å². The SMILES string of the molecule is Cc1nn(CCCN2CCCC2)c(C)c1CNC(C)C. The summed E-state index contributed by atoms with van der Waals surface area (Å²) in [6, 6.07) is 0.521. The van der Waals surface area contributed by atoms with Gasteiger partial charge in [0.15, 0.2) is 0 Å². The van der Waals surface area contributed by atoms with Crippen LogP contribution in [0.2, 0.25) is 0 Å². The molecule has 2 heterocycles. The number of rotatable bonds is 7. The highest BCUT2D eigenvalue weighted by atomic mass is 15.3. The van der Waals surface area contributed by atoms with Gasteiger partial charge in [-0.15, -0.1) is 0 Å². The van der Waals surface area contributed by atoms with E-state index in [1.54, 1.807) is 0 Å². The van der Waals surface area contributed by atoms with Gasteiger partial charge in [0.25, 0.3) is 0 Å². The van der Waals surface area contributed by atoms with Crippen molar-refractivity contribution >= 4 is 0 Å². The lowest BCUT2D eigenvalue weighted by Gasteiger charge is -2.14. The first kappa shape index (κ1) is 15.5. The highest BCUT2D eigenvalue weighted by Gasteiger charge is 2.13. The van der Waals surface area contributed by atoms with Gasteiger partial charge in [0.2, 0.25) is 0 Å². The van der Waals surface area contributed by atoms with Crippen LogP contribution in [0.15, 0.2) is 0 Å². The molecule has 114 valence electrons. The molecule has 20 heavy (non-hydrogen) atoms. The molecule has 1 N–H and O–H groups in total. The highest BCUT2D eigenvalue weighted by Crippen LogP contribution is 2.14. The predicted molar refractivity (Wildman–Crippen MR) is 84.0 cm³/mol. The molecule has 0 aliphatic carbocycles. The van der Waals surface area contributed by atoms with Gasteiger partial charge in [-0.25, -0.2) is 0 Å². The van der Waals surface area contributed by atoms with Crippen LogP contribution in [0.4, 0.5) is 0 Å². The molecule has 0 bridgehead atoms. The fourth-order valence-corrected chi connectivity index (χ4v) is 2.96. The molecule has 0 aromatic carbocycles. The van der Waals surface area contributed by atoms with E-state index in [9.17, 15) is 0 Å². The summed E-state index contributed by atoms with van der Waals surface area (Å²) in [6.07, 6.45) is 3.97. The third kappa shape index (κ3) is 4.06. The Hall–Kier alpha value is -0.870. The first-order chi connectivity index (χ1) is 9.58. The molecule has 1 aromatic heterocycles. The number of nitrogens with zero attached hydrogens (tertiary/aromatic N) is 3. The van der Waals surface area contributed by atoms with Crippen molar-refractivity contribution in [3.05, 3.63) is 17.0 Å². The summed E-state index contributed by atoms with van der Waals surface area (Å²) < 4.78 is 2.20. The van der Waals surface area contributed by atoms with Crippen LogP contribution in [0.1, 0.15) is 50.1 Å². The number of nitrogens with one attached hydrogen (secondary N) is 1.